The maximum Gasteiger partial charge on any atom is 0.0471 e. The molecule has 0 aromatic carbocycles. The van der Waals surface area contributed by atoms with E-state index < -0.39 is 0 Å². The highest BCUT2D eigenvalue weighted by Crippen LogP contribution is 2.34. The van der Waals surface area contributed by atoms with Gasteiger partial charge in [-0.25, -0.2) is 0 Å². The summed E-state index contributed by atoms with van der Waals surface area (Å²) >= 11 is 0. The molecule has 0 radical (unpaired) electrons. The Morgan fingerprint density at radius 2 is 1.67 bits per heavy atom. The minimum atomic E-state index is 0.137. The minimum absolute atomic E-state index is 0.137. The molecule has 0 saturated heterocycles. The SMILES string of the molecule is CCOCCC(C)(C)C(C)(C)NC(C)C. The van der Waals surface area contributed by atoms with Gasteiger partial charge in [0.05, 0.1) is 0 Å². The molecule has 0 aliphatic carbocycles. The van der Waals surface area contributed by atoms with Gasteiger partial charge >= 0.3 is 0 Å². The summed E-state index contributed by atoms with van der Waals surface area (Å²) < 4.78 is 5.44. The van der Waals surface area contributed by atoms with Crippen molar-refractivity contribution in [2.45, 2.75) is 66.5 Å². The van der Waals surface area contributed by atoms with Crippen molar-refractivity contribution in [2.75, 3.05) is 13.2 Å². The molecular weight excluding hydrogens is 186 g/mol. The van der Waals surface area contributed by atoms with E-state index in [1.54, 1.807) is 0 Å². The van der Waals surface area contributed by atoms with E-state index in [4.69, 9.17) is 4.74 Å². The molecule has 2 heteroatoms. The average molecular weight is 215 g/mol. The summed E-state index contributed by atoms with van der Waals surface area (Å²) in [4.78, 5) is 0. The highest BCUT2D eigenvalue weighted by molar-refractivity contribution is 4.93. The minimum Gasteiger partial charge on any atom is -0.382 e. The lowest BCUT2D eigenvalue weighted by Gasteiger charge is -2.44. The monoisotopic (exact) mass is 215 g/mol. The van der Waals surface area contributed by atoms with Gasteiger partial charge in [-0.2, -0.15) is 0 Å². The fourth-order valence-corrected chi connectivity index (χ4v) is 1.70. The number of rotatable bonds is 7. The van der Waals surface area contributed by atoms with Crippen molar-refractivity contribution in [3.05, 3.63) is 0 Å². The molecule has 0 heterocycles. The third-order valence-corrected chi connectivity index (χ3v) is 3.42. The summed E-state index contributed by atoms with van der Waals surface area (Å²) in [5.74, 6) is 0. The van der Waals surface area contributed by atoms with Crippen LogP contribution in [0.3, 0.4) is 0 Å². The first-order valence-corrected chi connectivity index (χ1v) is 6.08. The van der Waals surface area contributed by atoms with Gasteiger partial charge in [0.15, 0.2) is 0 Å². The van der Waals surface area contributed by atoms with Crippen molar-refractivity contribution >= 4 is 0 Å². The van der Waals surface area contributed by atoms with Gasteiger partial charge in [-0.3, -0.25) is 0 Å². The number of ether oxygens (including phenoxy) is 1. The van der Waals surface area contributed by atoms with Crippen molar-refractivity contribution in [1.29, 1.82) is 0 Å². The molecule has 2 nitrogen and oxygen atoms in total. The Bertz CT molecular complexity index is 173. The molecular formula is C13H29NO. The van der Waals surface area contributed by atoms with Crippen LogP contribution in [-0.4, -0.2) is 24.8 Å². The Balaban J connectivity index is 4.27. The molecule has 0 unspecified atom stereocenters. The third-order valence-electron chi connectivity index (χ3n) is 3.42. The van der Waals surface area contributed by atoms with Crippen LogP contribution in [0.2, 0.25) is 0 Å². The van der Waals surface area contributed by atoms with E-state index in [2.05, 4.69) is 46.9 Å². The largest absolute Gasteiger partial charge is 0.382 e. The second-order valence-electron chi connectivity index (χ2n) is 5.75. The van der Waals surface area contributed by atoms with Crippen LogP contribution in [-0.2, 0) is 4.74 Å². The van der Waals surface area contributed by atoms with E-state index in [9.17, 15) is 0 Å². The molecule has 0 aliphatic heterocycles. The summed E-state index contributed by atoms with van der Waals surface area (Å²) in [6.45, 7) is 17.3. The summed E-state index contributed by atoms with van der Waals surface area (Å²) in [5.41, 5.74) is 0.380. The Morgan fingerprint density at radius 1 is 1.13 bits per heavy atom. The Kier molecular flexibility index (Phi) is 5.82. The third kappa shape index (κ3) is 4.98. The van der Waals surface area contributed by atoms with E-state index in [0.717, 1.165) is 19.6 Å². The van der Waals surface area contributed by atoms with Crippen molar-refractivity contribution in [3.8, 4) is 0 Å². The highest BCUT2D eigenvalue weighted by Gasteiger charge is 2.36. The summed E-state index contributed by atoms with van der Waals surface area (Å²) in [5, 5.41) is 3.63. The van der Waals surface area contributed by atoms with E-state index in [-0.39, 0.29) is 11.0 Å². The Hall–Kier alpha value is -0.0800. The quantitative estimate of drug-likeness (QED) is 0.658. The van der Waals surface area contributed by atoms with Crippen molar-refractivity contribution in [3.63, 3.8) is 0 Å². The summed E-state index contributed by atoms with van der Waals surface area (Å²) in [7, 11) is 0. The second kappa shape index (κ2) is 5.86. The molecule has 1 N–H and O–H groups in total. The lowest BCUT2D eigenvalue weighted by atomic mass is 9.72. The zero-order valence-corrected chi connectivity index (χ0v) is 11.6. The predicted octanol–water partition coefficient (Wildman–Crippen LogP) is 3.22. The van der Waals surface area contributed by atoms with Crippen LogP contribution in [0, 0.1) is 5.41 Å². The standard InChI is InChI=1S/C13H29NO/c1-8-15-10-9-12(4,5)13(6,7)14-11(2)3/h11,14H,8-10H2,1-7H3. The second-order valence-corrected chi connectivity index (χ2v) is 5.75. The maximum absolute atomic E-state index is 5.44. The van der Waals surface area contributed by atoms with E-state index in [0.29, 0.717) is 6.04 Å². The highest BCUT2D eigenvalue weighted by atomic mass is 16.5. The molecule has 0 saturated carbocycles. The number of nitrogens with one attached hydrogen (secondary N) is 1. The molecule has 0 spiro atoms. The first kappa shape index (κ1) is 14.9. The molecule has 0 aromatic heterocycles. The van der Waals surface area contributed by atoms with Crippen LogP contribution < -0.4 is 5.32 Å². The molecule has 0 aliphatic rings. The van der Waals surface area contributed by atoms with Crippen molar-refractivity contribution < 1.29 is 4.74 Å². The van der Waals surface area contributed by atoms with Crippen molar-refractivity contribution in [2.24, 2.45) is 5.41 Å². The maximum atomic E-state index is 5.44. The summed E-state index contributed by atoms with van der Waals surface area (Å²) in [6, 6.07) is 0.520. The normalized spacial score (nSPS) is 13.6. The number of hydrogen-bond donors (Lipinski definition) is 1. The van der Waals surface area contributed by atoms with Crippen LogP contribution >= 0.6 is 0 Å². The predicted molar refractivity (Wildman–Crippen MR) is 67.2 cm³/mol. The first-order valence-electron chi connectivity index (χ1n) is 6.08. The number of hydrogen-bond acceptors (Lipinski definition) is 2. The summed E-state index contributed by atoms with van der Waals surface area (Å²) in [6.07, 6.45) is 1.09. The molecule has 0 atom stereocenters. The zero-order valence-electron chi connectivity index (χ0n) is 11.6. The van der Waals surface area contributed by atoms with E-state index in [1.165, 1.54) is 0 Å². The van der Waals surface area contributed by atoms with Crippen molar-refractivity contribution in [1.82, 2.24) is 5.32 Å². The van der Waals surface area contributed by atoms with E-state index >= 15 is 0 Å². The fraction of sp³-hybridized carbons (Fsp3) is 1.00. The zero-order chi connectivity index (χ0) is 12.1. The van der Waals surface area contributed by atoms with Gasteiger partial charge in [-0.1, -0.05) is 27.7 Å². The molecule has 15 heavy (non-hydrogen) atoms. The first-order chi connectivity index (χ1) is 6.73. The fourth-order valence-electron chi connectivity index (χ4n) is 1.70. The molecule has 0 bridgehead atoms. The Labute approximate surface area is 95.8 Å². The van der Waals surface area contributed by atoms with E-state index in [1.807, 2.05) is 6.92 Å². The Morgan fingerprint density at radius 3 is 2.07 bits per heavy atom. The van der Waals surface area contributed by atoms with Crippen LogP contribution in [0.15, 0.2) is 0 Å². The molecule has 92 valence electrons. The van der Waals surface area contributed by atoms with Gasteiger partial charge in [0.1, 0.15) is 0 Å². The van der Waals surface area contributed by atoms with Crippen LogP contribution in [0.1, 0.15) is 54.9 Å². The molecule has 0 aromatic rings. The van der Waals surface area contributed by atoms with Crippen LogP contribution in [0.25, 0.3) is 0 Å². The average Bonchev–Trinajstić information content (AvgIpc) is 2.01. The van der Waals surface area contributed by atoms with Gasteiger partial charge in [0.2, 0.25) is 0 Å². The smallest absolute Gasteiger partial charge is 0.0471 e. The van der Waals surface area contributed by atoms with Gasteiger partial charge in [0, 0.05) is 24.8 Å². The lowest BCUT2D eigenvalue weighted by Crippen LogP contribution is -2.54. The van der Waals surface area contributed by atoms with Gasteiger partial charge < -0.3 is 10.1 Å². The molecule has 0 rings (SSSR count). The van der Waals surface area contributed by atoms with Gasteiger partial charge in [-0.05, 0) is 32.6 Å². The van der Waals surface area contributed by atoms with Gasteiger partial charge in [0.25, 0.3) is 0 Å². The topological polar surface area (TPSA) is 21.3 Å². The lowest BCUT2D eigenvalue weighted by molar-refractivity contribution is 0.0673. The van der Waals surface area contributed by atoms with Crippen LogP contribution in [0.4, 0.5) is 0 Å². The molecule has 0 amide bonds. The van der Waals surface area contributed by atoms with Crippen LogP contribution in [0.5, 0.6) is 0 Å². The van der Waals surface area contributed by atoms with Gasteiger partial charge in [-0.15, -0.1) is 0 Å². The molecule has 0 fully saturated rings.